The number of aryl methyl sites for hydroxylation is 1. The Balaban J connectivity index is 1.39. The molecule has 1 aliphatic carbocycles. The number of nitrogens with one attached hydrogen (secondary N) is 2. The van der Waals surface area contributed by atoms with Crippen LogP contribution in [0.15, 0.2) is 28.8 Å². The molecular formula is C22H26N6O3. The highest BCUT2D eigenvalue weighted by atomic mass is 16.5. The minimum Gasteiger partial charge on any atom is -0.348 e. The number of hydrogen-bond acceptors (Lipinski definition) is 6. The standard InChI is InChI=1S/C22H26N6O3/c1-12(2)20(30)28-10-14-8-15(9-22(14,11-28)21-23-13(3)27-31-21)24-19(29)18-16-6-4-5-7-17(16)25-26-18/h4-7,12,14-15H,8-11H2,1-3H3,(H,24,29)(H,25,26)/t14?,15-,22+/m1/s1. The lowest BCUT2D eigenvalue weighted by molar-refractivity contribution is -0.133. The number of para-hydroxylation sites is 1. The molecule has 162 valence electrons. The number of carbonyl (C=O) groups excluding carboxylic acids is 2. The number of aromatic nitrogens is 4. The summed E-state index contributed by atoms with van der Waals surface area (Å²) in [7, 11) is 0. The maximum absolute atomic E-state index is 13.0. The van der Waals surface area contributed by atoms with Crippen LogP contribution in [0.2, 0.25) is 0 Å². The van der Waals surface area contributed by atoms with Crippen LogP contribution in [0.25, 0.3) is 10.9 Å². The number of fused-ring (bicyclic) bond motifs is 2. The molecule has 1 saturated carbocycles. The van der Waals surface area contributed by atoms with Crippen LogP contribution < -0.4 is 5.32 Å². The summed E-state index contributed by atoms with van der Waals surface area (Å²) in [6, 6.07) is 7.51. The molecule has 0 spiro atoms. The van der Waals surface area contributed by atoms with Gasteiger partial charge in [-0.3, -0.25) is 14.7 Å². The lowest BCUT2D eigenvalue weighted by Crippen LogP contribution is -2.40. The molecule has 1 aromatic carbocycles. The van der Waals surface area contributed by atoms with Crippen LogP contribution in [0.5, 0.6) is 0 Å². The Morgan fingerprint density at radius 2 is 2.13 bits per heavy atom. The zero-order chi connectivity index (χ0) is 21.8. The zero-order valence-corrected chi connectivity index (χ0v) is 17.9. The van der Waals surface area contributed by atoms with Gasteiger partial charge >= 0.3 is 0 Å². The first-order valence-corrected chi connectivity index (χ1v) is 10.7. The van der Waals surface area contributed by atoms with E-state index in [0.717, 1.165) is 17.3 Å². The molecular weight excluding hydrogens is 396 g/mol. The van der Waals surface area contributed by atoms with Crippen molar-refractivity contribution >= 4 is 22.7 Å². The lowest BCUT2D eigenvalue weighted by Gasteiger charge is -2.26. The third-order valence-electron chi connectivity index (χ3n) is 6.65. The van der Waals surface area contributed by atoms with Gasteiger partial charge in [0.05, 0.1) is 10.9 Å². The van der Waals surface area contributed by atoms with E-state index in [-0.39, 0.29) is 29.7 Å². The van der Waals surface area contributed by atoms with Gasteiger partial charge in [0, 0.05) is 30.4 Å². The summed E-state index contributed by atoms with van der Waals surface area (Å²) in [5, 5.41) is 15.1. The molecule has 3 aromatic rings. The Hall–Kier alpha value is -3.23. The Morgan fingerprint density at radius 3 is 2.87 bits per heavy atom. The highest BCUT2D eigenvalue weighted by Crippen LogP contribution is 2.50. The topological polar surface area (TPSA) is 117 Å². The number of likely N-dealkylation sites (tertiary alicyclic amines) is 1. The fourth-order valence-electron chi connectivity index (χ4n) is 5.23. The van der Waals surface area contributed by atoms with Gasteiger partial charge in [0.1, 0.15) is 0 Å². The quantitative estimate of drug-likeness (QED) is 0.666. The molecule has 0 bridgehead atoms. The molecule has 2 N–H and O–H groups in total. The molecule has 31 heavy (non-hydrogen) atoms. The Morgan fingerprint density at radius 1 is 1.32 bits per heavy atom. The molecule has 2 amide bonds. The van der Waals surface area contributed by atoms with Gasteiger partial charge in [-0.15, -0.1) is 0 Å². The van der Waals surface area contributed by atoms with E-state index in [9.17, 15) is 9.59 Å². The minimum atomic E-state index is -0.433. The molecule has 1 saturated heterocycles. The first kappa shape index (κ1) is 19.7. The molecule has 3 atom stereocenters. The van der Waals surface area contributed by atoms with Crippen molar-refractivity contribution in [1.29, 1.82) is 0 Å². The predicted molar refractivity (Wildman–Crippen MR) is 112 cm³/mol. The number of aromatic amines is 1. The molecule has 2 fully saturated rings. The van der Waals surface area contributed by atoms with Gasteiger partial charge in [-0.1, -0.05) is 37.2 Å². The highest BCUT2D eigenvalue weighted by Gasteiger charge is 2.58. The number of H-pyrrole nitrogens is 1. The summed E-state index contributed by atoms with van der Waals surface area (Å²) in [6.07, 6.45) is 1.40. The van der Waals surface area contributed by atoms with E-state index < -0.39 is 5.41 Å². The molecule has 1 aliphatic heterocycles. The monoisotopic (exact) mass is 422 g/mol. The number of hydrogen-bond donors (Lipinski definition) is 2. The summed E-state index contributed by atoms with van der Waals surface area (Å²) in [5.74, 6) is 1.16. The number of nitrogens with zero attached hydrogens (tertiary/aromatic N) is 4. The summed E-state index contributed by atoms with van der Waals surface area (Å²) in [5.41, 5.74) is 0.792. The lowest BCUT2D eigenvalue weighted by atomic mass is 9.80. The van der Waals surface area contributed by atoms with Crippen LogP contribution in [0, 0.1) is 18.8 Å². The Labute approximate surface area is 179 Å². The Kier molecular flexibility index (Phi) is 4.56. The van der Waals surface area contributed by atoms with Crippen LogP contribution in [0.4, 0.5) is 0 Å². The SMILES string of the molecule is Cc1noc([C@]23C[C@H](NC(=O)c4n[nH]c5ccccc45)CC2CN(C(=O)C(C)C)C3)n1. The smallest absolute Gasteiger partial charge is 0.272 e. The maximum Gasteiger partial charge on any atom is 0.272 e. The van der Waals surface area contributed by atoms with Gasteiger partial charge in [0.25, 0.3) is 5.91 Å². The molecule has 2 aliphatic rings. The average molecular weight is 422 g/mol. The summed E-state index contributed by atoms with van der Waals surface area (Å²) >= 11 is 0. The molecule has 9 nitrogen and oxygen atoms in total. The highest BCUT2D eigenvalue weighted by molar-refractivity contribution is 6.04. The minimum absolute atomic E-state index is 0.0588. The van der Waals surface area contributed by atoms with Crippen LogP contribution in [-0.2, 0) is 10.2 Å². The Bertz CT molecular complexity index is 1150. The third-order valence-corrected chi connectivity index (χ3v) is 6.65. The maximum atomic E-state index is 13.0. The van der Waals surface area contributed by atoms with E-state index in [1.807, 2.05) is 43.0 Å². The van der Waals surface area contributed by atoms with Crippen molar-refractivity contribution in [2.45, 2.75) is 45.1 Å². The van der Waals surface area contributed by atoms with Crippen LogP contribution in [-0.4, -0.2) is 56.2 Å². The van der Waals surface area contributed by atoms with Gasteiger partial charge in [-0.25, -0.2) is 0 Å². The van der Waals surface area contributed by atoms with Crippen LogP contribution in [0.3, 0.4) is 0 Å². The third kappa shape index (κ3) is 3.19. The van der Waals surface area contributed by atoms with Crippen molar-refractivity contribution in [3.8, 4) is 0 Å². The second-order valence-electron chi connectivity index (χ2n) is 9.10. The first-order valence-electron chi connectivity index (χ1n) is 10.7. The van der Waals surface area contributed by atoms with E-state index in [1.165, 1.54) is 0 Å². The van der Waals surface area contributed by atoms with Crippen molar-refractivity contribution in [3.05, 3.63) is 41.7 Å². The van der Waals surface area contributed by atoms with Gasteiger partial charge < -0.3 is 14.7 Å². The molecule has 3 heterocycles. The molecule has 9 heteroatoms. The van der Waals surface area contributed by atoms with E-state index in [1.54, 1.807) is 6.92 Å². The summed E-state index contributed by atoms with van der Waals surface area (Å²) < 4.78 is 5.60. The number of carbonyl (C=O) groups is 2. The zero-order valence-electron chi connectivity index (χ0n) is 17.9. The van der Waals surface area contributed by atoms with Crippen molar-refractivity contribution in [2.75, 3.05) is 13.1 Å². The van der Waals surface area contributed by atoms with E-state index in [2.05, 4.69) is 25.7 Å². The summed E-state index contributed by atoms with van der Waals surface area (Å²) in [4.78, 5) is 32.1. The average Bonchev–Trinajstić information content (AvgIpc) is 3.48. The predicted octanol–water partition coefficient (Wildman–Crippen LogP) is 2.20. The fourth-order valence-corrected chi connectivity index (χ4v) is 5.23. The largest absolute Gasteiger partial charge is 0.348 e. The number of benzene rings is 1. The first-order chi connectivity index (χ1) is 14.9. The molecule has 1 unspecified atom stereocenters. The van der Waals surface area contributed by atoms with Gasteiger partial charge in [0.15, 0.2) is 11.5 Å². The van der Waals surface area contributed by atoms with E-state index in [0.29, 0.717) is 36.9 Å². The molecule has 5 rings (SSSR count). The van der Waals surface area contributed by atoms with Crippen molar-refractivity contribution in [1.82, 2.24) is 30.6 Å². The fraction of sp³-hybridized carbons (Fsp3) is 0.500. The van der Waals surface area contributed by atoms with Crippen molar-refractivity contribution < 1.29 is 14.1 Å². The molecule has 2 aromatic heterocycles. The molecule has 0 radical (unpaired) electrons. The number of amides is 2. The van der Waals surface area contributed by atoms with Crippen molar-refractivity contribution in [3.63, 3.8) is 0 Å². The normalized spacial score (nSPS) is 25.4. The van der Waals surface area contributed by atoms with Crippen LogP contribution in [0.1, 0.15) is 48.9 Å². The van der Waals surface area contributed by atoms with Gasteiger partial charge in [-0.2, -0.15) is 10.1 Å². The van der Waals surface area contributed by atoms with Crippen LogP contribution >= 0.6 is 0 Å². The second kappa shape index (κ2) is 7.18. The summed E-state index contributed by atoms with van der Waals surface area (Å²) in [6.45, 7) is 6.79. The van der Waals surface area contributed by atoms with Gasteiger partial charge in [0.2, 0.25) is 11.8 Å². The van der Waals surface area contributed by atoms with Gasteiger partial charge in [-0.05, 0) is 31.7 Å². The number of rotatable bonds is 4. The van der Waals surface area contributed by atoms with Crippen molar-refractivity contribution in [2.24, 2.45) is 11.8 Å². The van der Waals surface area contributed by atoms with E-state index in [4.69, 9.17) is 4.52 Å². The van der Waals surface area contributed by atoms with E-state index >= 15 is 0 Å². The second-order valence-corrected chi connectivity index (χ2v) is 9.10.